The van der Waals surface area contributed by atoms with Crippen LogP contribution in [0.1, 0.15) is 0 Å². The second-order valence-corrected chi connectivity index (χ2v) is 2.26. The van der Waals surface area contributed by atoms with Crippen molar-refractivity contribution in [1.82, 2.24) is 0 Å². The molecule has 1 heterocycles. The van der Waals surface area contributed by atoms with E-state index in [-0.39, 0.29) is 12.7 Å². The number of carbonyl (C=O) groups excluding carboxylic acids is 1. The van der Waals surface area contributed by atoms with E-state index in [9.17, 15) is 9.59 Å². The van der Waals surface area contributed by atoms with E-state index in [0.29, 0.717) is 6.61 Å². The Morgan fingerprint density at radius 1 is 1.58 bits per heavy atom. The van der Waals surface area contributed by atoms with Crippen LogP contribution < -0.4 is 0 Å². The average Bonchev–Trinajstić information content (AvgIpc) is 2.80. The van der Waals surface area contributed by atoms with Crippen molar-refractivity contribution in [3.63, 3.8) is 0 Å². The number of carbonyl (C=O) groups is 2. The largest absolute Gasteiger partial charge is 0.478 e. The molecule has 1 atom stereocenters. The lowest BCUT2D eigenvalue weighted by atomic mass is 10.5. The monoisotopic (exact) mass is 172 g/mol. The van der Waals surface area contributed by atoms with E-state index >= 15 is 0 Å². The number of ether oxygens (including phenoxy) is 2. The number of hydrogen-bond donors (Lipinski definition) is 1. The fourth-order valence-electron chi connectivity index (χ4n) is 0.527. The van der Waals surface area contributed by atoms with Gasteiger partial charge in [-0.3, -0.25) is 0 Å². The van der Waals surface area contributed by atoms with Crippen LogP contribution >= 0.6 is 0 Å². The molecule has 1 N–H and O–H groups in total. The van der Waals surface area contributed by atoms with Gasteiger partial charge in [0.05, 0.1) is 6.61 Å². The molecule has 1 saturated heterocycles. The molecule has 1 rings (SSSR count). The lowest BCUT2D eigenvalue weighted by molar-refractivity contribution is -0.139. The zero-order chi connectivity index (χ0) is 8.97. The number of epoxide rings is 1. The number of aliphatic carboxylic acids is 1. The molecule has 1 aliphatic rings. The molecule has 0 aromatic rings. The number of rotatable bonds is 4. The highest BCUT2D eigenvalue weighted by atomic mass is 16.6. The quantitative estimate of drug-likeness (QED) is 0.353. The van der Waals surface area contributed by atoms with Gasteiger partial charge in [0.25, 0.3) is 0 Å². The van der Waals surface area contributed by atoms with Crippen LogP contribution in [0, 0.1) is 0 Å². The Morgan fingerprint density at radius 3 is 2.75 bits per heavy atom. The van der Waals surface area contributed by atoms with Gasteiger partial charge in [-0.15, -0.1) is 0 Å². The van der Waals surface area contributed by atoms with Crippen molar-refractivity contribution in [2.45, 2.75) is 6.10 Å². The minimum Gasteiger partial charge on any atom is -0.478 e. The average molecular weight is 172 g/mol. The molecule has 0 aromatic heterocycles. The van der Waals surface area contributed by atoms with Crippen LogP contribution in [-0.2, 0) is 19.1 Å². The third kappa shape index (κ3) is 3.72. The highest BCUT2D eigenvalue weighted by molar-refractivity contribution is 5.90. The minimum absolute atomic E-state index is 0.00665. The summed E-state index contributed by atoms with van der Waals surface area (Å²) in [6.45, 7) is 0.804. The zero-order valence-electron chi connectivity index (χ0n) is 6.23. The molecule has 1 unspecified atom stereocenters. The van der Waals surface area contributed by atoms with E-state index in [1.807, 2.05) is 0 Å². The fraction of sp³-hybridized carbons (Fsp3) is 0.429. The SMILES string of the molecule is O=C(O)C=CC(=O)OCC1CO1. The van der Waals surface area contributed by atoms with Gasteiger partial charge in [-0.2, -0.15) is 0 Å². The summed E-state index contributed by atoms with van der Waals surface area (Å²) >= 11 is 0. The molecular weight excluding hydrogens is 164 g/mol. The highest BCUT2D eigenvalue weighted by Gasteiger charge is 2.23. The van der Waals surface area contributed by atoms with Gasteiger partial charge in [0.2, 0.25) is 0 Å². The van der Waals surface area contributed by atoms with E-state index in [1.165, 1.54) is 0 Å². The predicted octanol–water partition coefficient (Wildman–Crippen LogP) is -0.431. The second-order valence-electron chi connectivity index (χ2n) is 2.26. The maximum absolute atomic E-state index is 10.7. The number of carboxylic acids is 1. The van der Waals surface area contributed by atoms with Gasteiger partial charge >= 0.3 is 11.9 Å². The van der Waals surface area contributed by atoms with Gasteiger partial charge in [-0.05, 0) is 0 Å². The lowest BCUT2D eigenvalue weighted by Crippen LogP contribution is -2.07. The summed E-state index contributed by atoms with van der Waals surface area (Å²) in [7, 11) is 0. The van der Waals surface area contributed by atoms with Crippen molar-refractivity contribution in [1.29, 1.82) is 0 Å². The first-order chi connectivity index (χ1) is 5.68. The zero-order valence-corrected chi connectivity index (χ0v) is 6.23. The van der Waals surface area contributed by atoms with Crippen molar-refractivity contribution in [2.75, 3.05) is 13.2 Å². The molecule has 0 bridgehead atoms. The normalized spacial score (nSPS) is 20.8. The smallest absolute Gasteiger partial charge is 0.331 e. The summed E-state index contributed by atoms with van der Waals surface area (Å²) < 4.78 is 9.37. The minimum atomic E-state index is -1.17. The molecule has 0 spiro atoms. The van der Waals surface area contributed by atoms with Crippen LogP contribution in [0.4, 0.5) is 0 Å². The summed E-state index contributed by atoms with van der Waals surface area (Å²) in [5.41, 5.74) is 0. The molecule has 5 heteroatoms. The standard InChI is InChI=1S/C7H8O5/c8-6(9)1-2-7(10)12-4-5-3-11-5/h1-2,5H,3-4H2,(H,8,9). The Labute approximate surface area is 68.6 Å². The summed E-state index contributed by atoms with van der Waals surface area (Å²) in [4.78, 5) is 20.6. The van der Waals surface area contributed by atoms with E-state index in [4.69, 9.17) is 9.84 Å². The van der Waals surface area contributed by atoms with Crippen LogP contribution in [0.15, 0.2) is 12.2 Å². The van der Waals surface area contributed by atoms with Gasteiger partial charge < -0.3 is 14.6 Å². The number of carboxylic acid groups (broad SMARTS) is 1. The molecule has 0 saturated carbocycles. The van der Waals surface area contributed by atoms with E-state index in [0.717, 1.165) is 12.2 Å². The van der Waals surface area contributed by atoms with Crippen molar-refractivity contribution in [3.05, 3.63) is 12.2 Å². The van der Waals surface area contributed by atoms with Crippen LogP contribution in [0.25, 0.3) is 0 Å². The molecule has 1 fully saturated rings. The fourth-order valence-corrected chi connectivity index (χ4v) is 0.527. The summed E-state index contributed by atoms with van der Waals surface area (Å²) in [5.74, 6) is -1.83. The first-order valence-electron chi connectivity index (χ1n) is 3.38. The molecule has 1 aliphatic heterocycles. The van der Waals surface area contributed by atoms with Crippen molar-refractivity contribution >= 4 is 11.9 Å². The Morgan fingerprint density at radius 2 is 2.25 bits per heavy atom. The molecule has 0 aromatic carbocycles. The third-order valence-corrected chi connectivity index (χ3v) is 1.18. The molecule has 0 amide bonds. The predicted molar refractivity (Wildman–Crippen MR) is 37.5 cm³/mol. The Bertz CT molecular complexity index is 216. The second kappa shape index (κ2) is 3.87. The molecular formula is C7H8O5. The lowest BCUT2D eigenvalue weighted by Gasteiger charge is -1.95. The molecule has 12 heavy (non-hydrogen) atoms. The van der Waals surface area contributed by atoms with Gasteiger partial charge in [0.15, 0.2) is 0 Å². The highest BCUT2D eigenvalue weighted by Crippen LogP contribution is 2.08. The first-order valence-corrected chi connectivity index (χ1v) is 3.38. The van der Waals surface area contributed by atoms with Crippen molar-refractivity contribution in [3.8, 4) is 0 Å². The summed E-state index contributed by atoms with van der Waals surface area (Å²) in [5, 5.41) is 8.13. The van der Waals surface area contributed by atoms with E-state index in [2.05, 4.69) is 4.74 Å². The van der Waals surface area contributed by atoms with Gasteiger partial charge in [-0.1, -0.05) is 0 Å². The molecule has 0 radical (unpaired) electrons. The van der Waals surface area contributed by atoms with E-state index < -0.39 is 11.9 Å². The van der Waals surface area contributed by atoms with Crippen molar-refractivity contribution < 1.29 is 24.2 Å². The molecule has 66 valence electrons. The maximum atomic E-state index is 10.7. The summed E-state index contributed by atoms with van der Waals surface area (Å²) in [6.07, 6.45) is 1.60. The molecule has 0 aliphatic carbocycles. The summed E-state index contributed by atoms with van der Waals surface area (Å²) in [6, 6.07) is 0. The third-order valence-electron chi connectivity index (χ3n) is 1.18. The maximum Gasteiger partial charge on any atom is 0.331 e. The molecule has 5 nitrogen and oxygen atoms in total. The van der Waals surface area contributed by atoms with Gasteiger partial charge in [0.1, 0.15) is 12.7 Å². The van der Waals surface area contributed by atoms with E-state index in [1.54, 1.807) is 0 Å². The number of esters is 1. The van der Waals surface area contributed by atoms with Gasteiger partial charge in [0, 0.05) is 12.2 Å². The Balaban J connectivity index is 2.13. The van der Waals surface area contributed by atoms with Crippen LogP contribution in [0.2, 0.25) is 0 Å². The first kappa shape index (κ1) is 8.73. The van der Waals surface area contributed by atoms with Crippen LogP contribution in [0.5, 0.6) is 0 Å². The van der Waals surface area contributed by atoms with Gasteiger partial charge in [-0.25, -0.2) is 9.59 Å². The Hall–Kier alpha value is -1.36. The Kier molecular flexibility index (Phi) is 2.82. The van der Waals surface area contributed by atoms with Crippen LogP contribution in [0.3, 0.4) is 0 Å². The topological polar surface area (TPSA) is 76.1 Å². The number of hydrogen-bond acceptors (Lipinski definition) is 4. The van der Waals surface area contributed by atoms with Crippen molar-refractivity contribution in [2.24, 2.45) is 0 Å². The van der Waals surface area contributed by atoms with Crippen LogP contribution in [-0.4, -0.2) is 36.4 Å².